The zero-order valence-electron chi connectivity index (χ0n) is 23.5. The molecule has 3 aromatic rings. The summed E-state index contributed by atoms with van der Waals surface area (Å²) in [4.78, 5) is 22.6. The van der Waals surface area contributed by atoms with Crippen molar-refractivity contribution in [1.29, 1.82) is 0 Å². The van der Waals surface area contributed by atoms with E-state index in [9.17, 15) is 9.90 Å². The highest BCUT2D eigenvalue weighted by atomic mass is 32.1. The van der Waals surface area contributed by atoms with Crippen molar-refractivity contribution in [2.75, 3.05) is 32.7 Å². The van der Waals surface area contributed by atoms with Gasteiger partial charge in [0, 0.05) is 43.3 Å². The van der Waals surface area contributed by atoms with Crippen LogP contribution < -0.4 is 0 Å². The Hall–Kier alpha value is -2.54. The first kappa shape index (κ1) is 27.6. The minimum absolute atomic E-state index is 0.294. The number of aromatic nitrogens is 1. The van der Waals surface area contributed by atoms with E-state index in [1.54, 1.807) is 11.3 Å². The SMILES string of the molecule is O=C(O)[C@@H](C1CCCCC1)N1C[C@H](CN2CCC(c3csc(Cc4ccccc4)n3)CC2)[C@@H](c2ccccc2)C1. The largest absolute Gasteiger partial charge is 0.480 e. The number of aliphatic carboxylic acids is 1. The number of hydrogen-bond acceptors (Lipinski definition) is 5. The van der Waals surface area contributed by atoms with Crippen LogP contribution in [0.25, 0.3) is 0 Å². The summed E-state index contributed by atoms with van der Waals surface area (Å²) in [5.74, 6) is 1.08. The highest BCUT2D eigenvalue weighted by molar-refractivity contribution is 7.09. The number of piperidine rings is 1. The molecule has 1 aromatic heterocycles. The second-order valence-corrected chi connectivity index (χ2v) is 13.3. The molecule has 0 unspecified atom stereocenters. The first-order chi connectivity index (χ1) is 19.6. The van der Waals surface area contributed by atoms with Crippen molar-refractivity contribution >= 4 is 17.3 Å². The van der Waals surface area contributed by atoms with Gasteiger partial charge in [-0.3, -0.25) is 9.69 Å². The topological polar surface area (TPSA) is 56.7 Å². The third-order valence-electron chi connectivity index (χ3n) is 9.71. The first-order valence-electron chi connectivity index (χ1n) is 15.4. The highest BCUT2D eigenvalue weighted by Gasteiger charge is 2.43. The predicted octanol–water partition coefficient (Wildman–Crippen LogP) is 6.66. The van der Waals surface area contributed by atoms with Gasteiger partial charge in [-0.1, -0.05) is 79.9 Å². The van der Waals surface area contributed by atoms with E-state index in [2.05, 4.69) is 75.8 Å². The Kier molecular flexibility index (Phi) is 8.95. The van der Waals surface area contributed by atoms with Crippen LogP contribution in [0.1, 0.15) is 78.6 Å². The molecule has 1 aliphatic carbocycles. The van der Waals surface area contributed by atoms with E-state index in [0.29, 0.717) is 23.7 Å². The van der Waals surface area contributed by atoms with E-state index in [1.807, 2.05) is 0 Å². The molecule has 6 heteroatoms. The van der Waals surface area contributed by atoms with Crippen molar-refractivity contribution < 1.29 is 9.90 Å². The third-order valence-corrected chi connectivity index (χ3v) is 10.6. The molecule has 2 aromatic carbocycles. The minimum atomic E-state index is -0.616. The van der Waals surface area contributed by atoms with Gasteiger partial charge in [0.2, 0.25) is 0 Å². The number of likely N-dealkylation sites (tertiary alicyclic amines) is 2. The van der Waals surface area contributed by atoms with Gasteiger partial charge in [0.15, 0.2) is 0 Å². The quantitative estimate of drug-likeness (QED) is 0.319. The van der Waals surface area contributed by atoms with E-state index < -0.39 is 5.97 Å². The Labute approximate surface area is 243 Å². The fraction of sp³-hybridized carbons (Fsp3) is 0.529. The molecule has 3 heterocycles. The normalized spacial score (nSPS) is 24.3. The summed E-state index contributed by atoms with van der Waals surface area (Å²) in [6.07, 6.45) is 8.95. The molecular weight excluding hydrogens is 514 g/mol. The highest BCUT2D eigenvalue weighted by Crippen LogP contribution is 2.39. The van der Waals surface area contributed by atoms with Gasteiger partial charge in [0.1, 0.15) is 6.04 Å². The van der Waals surface area contributed by atoms with Crippen LogP contribution in [0, 0.1) is 11.8 Å². The van der Waals surface area contributed by atoms with Gasteiger partial charge in [0.05, 0.1) is 10.7 Å². The molecule has 1 saturated carbocycles. The van der Waals surface area contributed by atoms with Crippen LogP contribution >= 0.6 is 11.3 Å². The number of carbonyl (C=O) groups is 1. The molecule has 0 radical (unpaired) electrons. The molecular formula is C34H43N3O2S. The maximum absolute atomic E-state index is 12.5. The zero-order chi connectivity index (χ0) is 27.3. The number of benzene rings is 2. The van der Waals surface area contributed by atoms with E-state index in [-0.39, 0.29) is 6.04 Å². The van der Waals surface area contributed by atoms with Crippen molar-refractivity contribution in [2.45, 2.75) is 69.2 Å². The Morgan fingerprint density at radius 1 is 0.925 bits per heavy atom. The lowest BCUT2D eigenvalue weighted by atomic mass is 9.83. The average Bonchev–Trinajstić information content (AvgIpc) is 3.62. The van der Waals surface area contributed by atoms with E-state index in [1.165, 1.54) is 41.1 Å². The van der Waals surface area contributed by atoms with E-state index in [0.717, 1.165) is 64.8 Å². The summed E-state index contributed by atoms with van der Waals surface area (Å²) in [5, 5.41) is 13.8. The summed E-state index contributed by atoms with van der Waals surface area (Å²) < 4.78 is 0. The second-order valence-electron chi connectivity index (χ2n) is 12.3. The lowest BCUT2D eigenvalue weighted by Gasteiger charge is -2.35. The average molecular weight is 558 g/mol. The molecule has 3 aliphatic rings. The van der Waals surface area contributed by atoms with Crippen molar-refractivity contribution in [3.63, 3.8) is 0 Å². The molecule has 5 nitrogen and oxygen atoms in total. The number of carboxylic acids is 1. The molecule has 0 amide bonds. The van der Waals surface area contributed by atoms with Crippen LogP contribution in [0.15, 0.2) is 66.0 Å². The van der Waals surface area contributed by atoms with Gasteiger partial charge in [-0.15, -0.1) is 11.3 Å². The van der Waals surface area contributed by atoms with Crippen molar-refractivity contribution in [1.82, 2.24) is 14.8 Å². The van der Waals surface area contributed by atoms with Crippen LogP contribution in [0.4, 0.5) is 0 Å². The number of rotatable bonds is 9. The number of carboxylic acid groups (broad SMARTS) is 1. The molecule has 2 saturated heterocycles. The summed E-state index contributed by atoms with van der Waals surface area (Å²) in [7, 11) is 0. The molecule has 3 atom stereocenters. The zero-order valence-corrected chi connectivity index (χ0v) is 24.4. The monoisotopic (exact) mass is 557 g/mol. The second kappa shape index (κ2) is 13.0. The fourth-order valence-corrected chi connectivity index (χ4v) is 8.52. The maximum Gasteiger partial charge on any atom is 0.321 e. The van der Waals surface area contributed by atoms with Crippen LogP contribution in [0.2, 0.25) is 0 Å². The molecule has 2 aliphatic heterocycles. The number of hydrogen-bond donors (Lipinski definition) is 1. The number of thiazole rings is 1. The summed E-state index contributed by atoms with van der Waals surface area (Å²) >= 11 is 1.80. The van der Waals surface area contributed by atoms with Crippen LogP contribution in [-0.2, 0) is 11.2 Å². The Morgan fingerprint density at radius 3 is 2.33 bits per heavy atom. The van der Waals surface area contributed by atoms with Gasteiger partial charge in [0.25, 0.3) is 0 Å². The van der Waals surface area contributed by atoms with E-state index in [4.69, 9.17) is 4.98 Å². The maximum atomic E-state index is 12.5. The van der Waals surface area contributed by atoms with Gasteiger partial charge < -0.3 is 10.0 Å². The molecule has 212 valence electrons. The molecule has 0 bridgehead atoms. The standard InChI is InChI=1S/C34H43N3O2S/c38-34(39)33(28-14-8-3-9-15-28)37-22-29(30(23-37)26-12-6-2-7-13-26)21-36-18-16-27(17-19-36)31-24-40-32(35-31)20-25-10-4-1-5-11-25/h1-2,4-7,10-13,24,27-30,33H,3,8-9,14-23H2,(H,38,39)/t29-,30+,33+/m0/s1. The summed E-state index contributed by atoms with van der Waals surface area (Å²) in [6.45, 7) is 5.00. The Bertz CT molecular complexity index is 1220. The fourth-order valence-electron chi connectivity index (χ4n) is 7.61. The lowest BCUT2D eigenvalue weighted by Crippen LogP contribution is -2.46. The van der Waals surface area contributed by atoms with Crippen LogP contribution in [0.5, 0.6) is 0 Å². The predicted molar refractivity (Wildman–Crippen MR) is 162 cm³/mol. The van der Waals surface area contributed by atoms with Crippen molar-refractivity contribution in [2.24, 2.45) is 11.8 Å². The first-order valence-corrected chi connectivity index (χ1v) is 16.2. The molecule has 1 N–H and O–H groups in total. The Balaban J connectivity index is 1.09. The molecule has 3 fully saturated rings. The summed E-state index contributed by atoms with van der Waals surface area (Å²) in [6, 6.07) is 21.1. The van der Waals surface area contributed by atoms with Gasteiger partial charge in [-0.25, -0.2) is 4.98 Å². The lowest BCUT2D eigenvalue weighted by molar-refractivity contribution is -0.145. The minimum Gasteiger partial charge on any atom is -0.480 e. The van der Waals surface area contributed by atoms with Gasteiger partial charge in [-0.2, -0.15) is 0 Å². The third kappa shape index (κ3) is 6.50. The molecule has 40 heavy (non-hydrogen) atoms. The van der Waals surface area contributed by atoms with Gasteiger partial charge >= 0.3 is 5.97 Å². The van der Waals surface area contributed by atoms with Crippen LogP contribution in [-0.4, -0.2) is 64.6 Å². The molecule has 6 rings (SSSR count). The van der Waals surface area contributed by atoms with Crippen LogP contribution in [0.3, 0.4) is 0 Å². The van der Waals surface area contributed by atoms with Crippen molar-refractivity contribution in [3.05, 3.63) is 87.9 Å². The summed E-state index contributed by atoms with van der Waals surface area (Å²) in [5.41, 5.74) is 3.97. The van der Waals surface area contributed by atoms with Crippen molar-refractivity contribution in [3.8, 4) is 0 Å². The molecule has 0 spiro atoms. The Morgan fingerprint density at radius 2 is 1.62 bits per heavy atom. The smallest absolute Gasteiger partial charge is 0.321 e. The van der Waals surface area contributed by atoms with E-state index >= 15 is 0 Å². The van der Waals surface area contributed by atoms with Gasteiger partial charge in [-0.05, 0) is 61.7 Å². The number of nitrogens with zero attached hydrogens (tertiary/aromatic N) is 3.